The van der Waals surface area contributed by atoms with Gasteiger partial charge in [0.15, 0.2) is 0 Å². The summed E-state index contributed by atoms with van der Waals surface area (Å²) in [7, 11) is 0. The number of amides is 1. The average Bonchev–Trinajstić information content (AvgIpc) is 2.71. The largest absolute Gasteiger partial charge is 0.550 e. The van der Waals surface area contributed by atoms with Crippen LogP contribution in [0.1, 0.15) is 44.0 Å². The van der Waals surface area contributed by atoms with E-state index in [1.165, 1.54) is 18.2 Å². The van der Waals surface area contributed by atoms with Gasteiger partial charge in [0.05, 0.1) is 5.97 Å². The predicted molar refractivity (Wildman–Crippen MR) is 79.0 cm³/mol. The minimum Gasteiger partial charge on any atom is -0.550 e. The first-order chi connectivity index (χ1) is 10.6. The molecular formula is C17H19NO5-2. The number of carboxylic acid groups (broad SMARTS) is 2. The van der Waals surface area contributed by atoms with Crippen LogP contribution in [0, 0.1) is 16.7 Å². The number of hydrogen-bond donors (Lipinski definition) is 1. The third-order valence-corrected chi connectivity index (χ3v) is 5.40. The van der Waals surface area contributed by atoms with E-state index in [0.29, 0.717) is 12.8 Å². The number of hydrogen-bond acceptors (Lipinski definition) is 5. The van der Waals surface area contributed by atoms with E-state index in [1.54, 1.807) is 26.8 Å². The normalized spacial score (nSPS) is 25.8. The van der Waals surface area contributed by atoms with Crippen LogP contribution in [0.4, 0.5) is 5.69 Å². The summed E-state index contributed by atoms with van der Waals surface area (Å²) < 4.78 is 0. The fourth-order valence-electron chi connectivity index (χ4n) is 3.31. The molecule has 0 aliphatic heterocycles. The van der Waals surface area contributed by atoms with Gasteiger partial charge in [0, 0.05) is 28.6 Å². The Hall–Kier alpha value is -2.37. The van der Waals surface area contributed by atoms with Crippen LogP contribution in [0.3, 0.4) is 0 Å². The number of para-hydroxylation sites is 1. The Morgan fingerprint density at radius 2 is 1.74 bits per heavy atom. The van der Waals surface area contributed by atoms with Crippen molar-refractivity contribution < 1.29 is 24.6 Å². The van der Waals surface area contributed by atoms with Crippen LogP contribution in [-0.2, 0) is 9.59 Å². The van der Waals surface area contributed by atoms with Crippen molar-refractivity contribution in [2.45, 2.75) is 33.6 Å². The Morgan fingerprint density at radius 3 is 2.26 bits per heavy atom. The highest BCUT2D eigenvalue weighted by molar-refractivity contribution is 6.01. The molecule has 6 nitrogen and oxygen atoms in total. The van der Waals surface area contributed by atoms with Crippen LogP contribution in [0.5, 0.6) is 0 Å². The zero-order valence-electron chi connectivity index (χ0n) is 13.3. The molecule has 1 saturated carbocycles. The van der Waals surface area contributed by atoms with E-state index in [0.717, 1.165) is 0 Å². The molecule has 1 amide bonds. The number of carbonyl (C=O) groups is 3. The molecule has 2 rings (SSSR count). The average molecular weight is 317 g/mol. The van der Waals surface area contributed by atoms with Crippen LogP contribution in [0.15, 0.2) is 24.3 Å². The van der Waals surface area contributed by atoms with Crippen molar-refractivity contribution in [3.63, 3.8) is 0 Å². The van der Waals surface area contributed by atoms with Crippen molar-refractivity contribution in [1.29, 1.82) is 0 Å². The zero-order chi connectivity index (χ0) is 17.4. The quantitative estimate of drug-likeness (QED) is 0.852. The lowest BCUT2D eigenvalue weighted by Gasteiger charge is -2.42. The molecule has 0 bridgehead atoms. The lowest BCUT2D eigenvalue weighted by atomic mass is 9.65. The Balaban J connectivity index is 2.26. The summed E-state index contributed by atoms with van der Waals surface area (Å²) in [5.74, 6) is -3.51. The number of aromatic carboxylic acids is 1. The molecule has 0 aromatic heterocycles. The lowest BCUT2D eigenvalue weighted by Crippen LogP contribution is -2.49. The van der Waals surface area contributed by atoms with Gasteiger partial charge in [-0.1, -0.05) is 39.0 Å². The molecule has 1 aromatic carbocycles. The maximum Gasteiger partial charge on any atom is 0.228 e. The molecule has 1 aromatic rings. The van der Waals surface area contributed by atoms with Crippen molar-refractivity contribution in [2.75, 3.05) is 5.32 Å². The number of anilines is 1. The molecule has 1 unspecified atom stereocenters. The van der Waals surface area contributed by atoms with E-state index in [9.17, 15) is 24.6 Å². The Bertz CT molecular complexity index is 667. The maximum absolute atomic E-state index is 12.6. The summed E-state index contributed by atoms with van der Waals surface area (Å²) in [6.45, 7) is 5.04. The molecule has 1 N–H and O–H groups in total. The van der Waals surface area contributed by atoms with Crippen LogP contribution in [-0.4, -0.2) is 17.8 Å². The summed E-state index contributed by atoms with van der Waals surface area (Å²) in [5, 5.41) is 25.2. The monoisotopic (exact) mass is 317 g/mol. The summed E-state index contributed by atoms with van der Waals surface area (Å²) >= 11 is 0. The molecule has 1 aliphatic rings. The first-order valence-corrected chi connectivity index (χ1v) is 7.44. The molecule has 0 radical (unpaired) electrons. The van der Waals surface area contributed by atoms with Gasteiger partial charge in [0.2, 0.25) is 5.91 Å². The second-order valence-electron chi connectivity index (χ2n) is 6.75. The van der Waals surface area contributed by atoms with Gasteiger partial charge in [0.25, 0.3) is 0 Å². The predicted octanol–water partition coefficient (Wildman–Crippen LogP) is 0.181. The molecule has 23 heavy (non-hydrogen) atoms. The lowest BCUT2D eigenvalue weighted by molar-refractivity contribution is -0.323. The van der Waals surface area contributed by atoms with Gasteiger partial charge >= 0.3 is 0 Å². The molecule has 124 valence electrons. The molecule has 2 atom stereocenters. The molecular weight excluding hydrogens is 298 g/mol. The van der Waals surface area contributed by atoms with Crippen molar-refractivity contribution in [2.24, 2.45) is 16.7 Å². The Morgan fingerprint density at radius 1 is 1.13 bits per heavy atom. The molecule has 0 spiro atoms. The van der Waals surface area contributed by atoms with E-state index >= 15 is 0 Å². The summed E-state index contributed by atoms with van der Waals surface area (Å²) in [6, 6.07) is 5.96. The summed E-state index contributed by atoms with van der Waals surface area (Å²) in [6.07, 6.45) is 0.735. The third kappa shape index (κ3) is 2.69. The van der Waals surface area contributed by atoms with Crippen LogP contribution < -0.4 is 15.5 Å². The fourth-order valence-corrected chi connectivity index (χ4v) is 3.31. The minimum atomic E-state index is -1.38. The highest BCUT2D eigenvalue weighted by Gasteiger charge is 2.54. The summed E-state index contributed by atoms with van der Waals surface area (Å²) in [4.78, 5) is 35.2. The van der Waals surface area contributed by atoms with E-state index in [-0.39, 0.29) is 11.3 Å². The van der Waals surface area contributed by atoms with Crippen LogP contribution >= 0.6 is 0 Å². The highest BCUT2D eigenvalue weighted by atomic mass is 16.4. The summed E-state index contributed by atoms with van der Waals surface area (Å²) in [5.41, 5.74) is -1.88. The first-order valence-electron chi connectivity index (χ1n) is 7.44. The van der Waals surface area contributed by atoms with Gasteiger partial charge < -0.3 is 25.1 Å². The number of benzene rings is 1. The smallest absolute Gasteiger partial charge is 0.228 e. The number of carboxylic acids is 2. The van der Waals surface area contributed by atoms with Gasteiger partial charge in [-0.15, -0.1) is 0 Å². The molecule has 0 saturated heterocycles. The molecule has 1 aliphatic carbocycles. The van der Waals surface area contributed by atoms with Crippen LogP contribution in [0.25, 0.3) is 0 Å². The van der Waals surface area contributed by atoms with Crippen molar-refractivity contribution in [1.82, 2.24) is 0 Å². The number of rotatable bonds is 4. The number of nitrogens with one attached hydrogen (secondary N) is 1. The minimum absolute atomic E-state index is 0.112. The maximum atomic E-state index is 12.6. The van der Waals surface area contributed by atoms with E-state index in [2.05, 4.69) is 5.32 Å². The van der Waals surface area contributed by atoms with Crippen molar-refractivity contribution >= 4 is 23.5 Å². The van der Waals surface area contributed by atoms with E-state index in [4.69, 9.17) is 0 Å². The topological polar surface area (TPSA) is 109 Å². The molecule has 1 fully saturated rings. The van der Waals surface area contributed by atoms with Crippen LogP contribution in [0.2, 0.25) is 0 Å². The van der Waals surface area contributed by atoms with E-state index in [1.807, 2.05) is 0 Å². The molecule has 0 heterocycles. The van der Waals surface area contributed by atoms with Gasteiger partial charge in [-0.2, -0.15) is 0 Å². The second kappa shape index (κ2) is 5.68. The van der Waals surface area contributed by atoms with Crippen molar-refractivity contribution in [3.05, 3.63) is 29.8 Å². The molecule has 6 heteroatoms. The standard InChI is InChI=1S/C17H21NO5/c1-16(2)11(8-9-17(16,3)15(22)23)13(19)18-12-7-5-4-6-10(12)14(20)21/h4-7,11H,8-9H2,1-3H3,(H,18,19)(H,20,21)(H,22,23)/p-2/t11?,17-/m1/s1. The van der Waals surface area contributed by atoms with Gasteiger partial charge in [-0.25, -0.2) is 0 Å². The zero-order valence-corrected chi connectivity index (χ0v) is 13.3. The number of aliphatic carboxylic acids is 1. The first kappa shape index (κ1) is 17.0. The van der Waals surface area contributed by atoms with Gasteiger partial charge in [0.1, 0.15) is 0 Å². The SMILES string of the molecule is CC1(C)C(C(=O)Nc2ccccc2C(=O)[O-])CC[C@]1(C)C(=O)[O-]. The fraction of sp³-hybridized carbons (Fsp3) is 0.471. The van der Waals surface area contributed by atoms with Gasteiger partial charge in [-0.05, 0) is 24.3 Å². The Kier molecular flexibility index (Phi) is 4.20. The highest BCUT2D eigenvalue weighted by Crippen LogP contribution is 2.55. The second-order valence-corrected chi connectivity index (χ2v) is 6.75. The third-order valence-electron chi connectivity index (χ3n) is 5.40. The van der Waals surface area contributed by atoms with Crippen molar-refractivity contribution in [3.8, 4) is 0 Å². The van der Waals surface area contributed by atoms with E-state index < -0.39 is 34.6 Å². The van der Waals surface area contributed by atoms with Gasteiger partial charge in [-0.3, -0.25) is 4.79 Å². The Labute approximate surface area is 134 Å². The number of carbonyl (C=O) groups excluding carboxylic acids is 3.